The average Bonchev–Trinajstić information content (AvgIpc) is 2.98. The molecule has 1 saturated heterocycles. The molecule has 0 spiro atoms. The standard InChI is InChI=1S/C11H13ClN4O3S2/c12-8-10(16-5-6-20-11(16)14-8)21(18,19)15-3-1-7(2-4-15)9(13)17/h5-7H,1-4H2,(H2,13,17). The third-order valence-electron chi connectivity index (χ3n) is 3.62. The Bertz CT molecular complexity index is 790. The predicted molar refractivity (Wildman–Crippen MR) is 78.8 cm³/mol. The molecule has 10 heteroatoms. The summed E-state index contributed by atoms with van der Waals surface area (Å²) in [6.07, 6.45) is 2.48. The lowest BCUT2D eigenvalue weighted by Crippen LogP contribution is -2.42. The van der Waals surface area contributed by atoms with E-state index in [4.69, 9.17) is 17.3 Å². The van der Waals surface area contributed by atoms with E-state index in [2.05, 4.69) is 4.98 Å². The van der Waals surface area contributed by atoms with Crippen LogP contribution in [-0.2, 0) is 14.8 Å². The van der Waals surface area contributed by atoms with Gasteiger partial charge >= 0.3 is 0 Å². The number of carbonyl (C=O) groups is 1. The van der Waals surface area contributed by atoms with Gasteiger partial charge in [0.15, 0.2) is 15.1 Å². The Morgan fingerprint density at radius 3 is 2.71 bits per heavy atom. The van der Waals surface area contributed by atoms with Gasteiger partial charge in [-0.15, -0.1) is 11.3 Å². The Labute approximate surface area is 130 Å². The SMILES string of the molecule is NC(=O)C1CCN(S(=O)(=O)c2c(Cl)nc3sccn23)CC1. The van der Waals surface area contributed by atoms with Crippen molar-refractivity contribution in [3.05, 3.63) is 16.7 Å². The van der Waals surface area contributed by atoms with E-state index in [1.54, 1.807) is 11.6 Å². The number of carbonyl (C=O) groups excluding carboxylic acids is 1. The average molecular weight is 349 g/mol. The van der Waals surface area contributed by atoms with E-state index in [-0.39, 0.29) is 35.1 Å². The van der Waals surface area contributed by atoms with Crippen LogP contribution < -0.4 is 5.73 Å². The molecule has 0 saturated carbocycles. The molecular weight excluding hydrogens is 336 g/mol. The number of imidazole rings is 1. The Hall–Kier alpha value is -1.16. The first-order valence-electron chi connectivity index (χ1n) is 6.32. The number of amides is 1. The minimum absolute atomic E-state index is 0.0158. The number of sulfonamides is 1. The van der Waals surface area contributed by atoms with E-state index in [0.29, 0.717) is 17.8 Å². The van der Waals surface area contributed by atoms with Crippen LogP contribution in [0.2, 0.25) is 5.15 Å². The molecule has 1 amide bonds. The molecule has 21 heavy (non-hydrogen) atoms. The minimum atomic E-state index is -3.74. The van der Waals surface area contributed by atoms with Crippen LogP contribution in [-0.4, -0.2) is 41.1 Å². The van der Waals surface area contributed by atoms with Crippen molar-refractivity contribution in [2.24, 2.45) is 11.7 Å². The topological polar surface area (TPSA) is 97.8 Å². The van der Waals surface area contributed by atoms with E-state index < -0.39 is 10.0 Å². The maximum atomic E-state index is 12.7. The molecule has 1 aliphatic rings. The summed E-state index contributed by atoms with van der Waals surface area (Å²) in [5.74, 6) is -0.645. The van der Waals surface area contributed by atoms with Gasteiger partial charge in [-0.2, -0.15) is 4.31 Å². The number of fused-ring (bicyclic) bond motifs is 1. The van der Waals surface area contributed by atoms with Crippen molar-refractivity contribution in [2.75, 3.05) is 13.1 Å². The zero-order chi connectivity index (χ0) is 15.2. The molecule has 0 atom stereocenters. The highest BCUT2D eigenvalue weighted by molar-refractivity contribution is 7.89. The number of primary amides is 1. The number of hydrogen-bond acceptors (Lipinski definition) is 5. The minimum Gasteiger partial charge on any atom is -0.369 e. The normalized spacial score (nSPS) is 18.3. The number of rotatable bonds is 3. The highest BCUT2D eigenvalue weighted by Gasteiger charge is 2.35. The van der Waals surface area contributed by atoms with E-state index in [1.807, 2.05) is 0 Å². The van der Waals surface area contributed by atoms with E-state index >= 15 is 0 Å². The summed E-state index contributed by atoms with van der Waals surface area (Å²) in [6, 6.07) is 0. The van der Waals surface area contributed by atoms with Crippen molar-refractivity contribution in [1.82, 2.24) is 13.7 Å². The molecule has 2 N–H and O–H groups in total. The first-order valence-corrected chi connectivity index (χ1v) is 9.01. The van der Waals surface area contributed by atoms with Crippen LogP contribution in [0.25, 0.3) is 4.96 Å². The number of nitrogens with zero attached hydrogens (tertiary/aromatic N) is 3. The molecule has 2 aromatic rings. The molecule has 7 nitrogen and oxygen atoms in total. The second-order valence-corrected chi connectivity index (χ2v) is 7.93. The number of piperidine rings is 1. The molecule has 1 fully saturated rings. The lowest BCUT2D eigenvalue weighted by Gasteiger charge is -2.29. The largest absolute Gasteiger partial charge is 0.369 e. The zero-order valence-corrected chi connectivity index (χ0v) is 13.3. The van der Waals surface area contributed by atoms with Gasteiger partial charge in [-0.1, -0.05) is 11.6 Å². The fourth-order valence-corrected chi connectivity index (χ4v) is 5.35. The fraction of sp³-hybridized carbons (Fsp3) is 0.455. The summed E-state index contributed by atoms with van der Waals surface area (Å²) >= 11 is 7.30. The molecule has 3 rings (SSSR count). The van der Waals surface area contributed by atoms with Crippen molar-refractivity contribution in [3.8, 4) is 0 Å². The molecule has 1 aliphatic heterocycles. The Morgan fingerprint density at radius 1 is 1.43 bits per heavy atom. The van der Waals surface area contributed by atoms with E-state index in [9.17, 15) is 13.2 Å². The predicted octanol–water partition coefficient (Wildman–Crippen LogP) is 0.935. The van der Waals surface area contributed by atoms with E-state index in [0.717, 1.165) is 0 Å². The van der Waals surface area contributed by atoms with Crippen LogP contribution in [0.15, 0.2) is 16.6 Å². The van der Waals surface area contributed by atoms with Crippen molar-refractivity contribution >= 4 is 43.8 Å². The lowest BCUT2D eigenvalue weighted by molar-refractivity contribution is -0.122. The second-order valence-electron chi connectivity index (χ2n) is 4.84. The smallest absolute Gasteiger partial charge is 0.262 e. The number of nitrogens with two attached hydrogens (primary N) is 1. The first-order chi connectivity index (χ1) is 9.91. The van der Waals surface area contributed by atoms with Crippen molar-refractivity contribution in [3.63, 3.8) is 0 Å². The lowest BCUT2D eigenvalue weighted by atomic mass is 9.98. The van der Waals surface area contributed by atoms with Crippen molar-refractivity contribution < 1.29 is 13.2 Å². The third-order valence-corrected chi connectivity index (χ3v) is 6.67. The van der Waals surface area contributed by atoms with Crippen LogP contribution in [0.1, 0.15) is 12.8 Å². The summed E-state index contributed by atoms with van der Waals surface area (Å²) in [5.41, 5.74) is 5.26. The van der Waals surface area contributed by atoms with Gasteiger partial charge < -0.3 is 5.73 Å². The Morgan fingerprint density at radius 2 is 2.10 bits per heavy atom. The summed E-state index contributed by atoms with van der Waals surface area (Å²) in [6.45, 7) is 0.507. The number of halogens is 1. The van der Waals surface area contributed by atoms with Crippen LogP contribution in [0.5, 0.6) is 0 Å². The summed E-state index contributed by atoms with van der Waals surface area (Å²) in [5, 5.41) is 1.70. The van der Waals surface area contributed by atoms with Gasteiger partial charge in [0, 0.05) is 30.6 Å². The van der Waals surface area contributed by atoms with Crippen LogP contribution in [0, 0.1) is 5.92 Å². The second kappa shape index (κ2) is 5.24. The number of hydrogen-bond donors (Lipinski definition) is 1. The monoisotopic (exact) mass is 348 g/mol. The zero-order valence-electron chi connectivity index (χ0n) is 10.9. The maximum absolute atomic E-state index is 12.7. The highest BCUT2D eigenvalue weighted by Crippen LogP contribution is 2.30. The Balaban J connectivity index is 1.93. The van der Waals surface area contributed by atoms with Gasteiger partial charge in [0.05, 0.1) is 0 Å². The molecule has 0 aromatic carbocycles. The summed E-state index contributed by atoms with van der Waals surface area (Å²) in [4.78, 5) is 15.7. The fourth-order valence-electron chi connectivity index (χ4n) is 2.47. The maximum Gasteiger partial charge on any atom is 0.262 e. The first kappa shape index (κ1) is 14.8. The highest BCUT2D eigenvalue weighted by atomic mass is 35.5. The van der Waals surface area contributed by atoms with Gasteiger partial charge in [0.2, 0.25) is 5.91 Å². The molecule has 114 valence electrons. The quantitative estimate of drug-likeness (QED) is 0.892. The van der Waals surface area contributed by atoms with Crippen LogP contribution in [0.3, 0.4) is 0 Å². The molecule has 2 aromatic heterocycles. The molecule has 0 unspecified atom stereocenters. The molecular formula is C11H13ClN4O3S2. The summed E-state index contributed by atoms with van der Waals surface area (Å²) < 4.78 is 28.3. The van der Waals surface area contributed by atoms with Crippen molar-refractivity contribution in [2.45, 2.75) is 17.9 Å². The van der Waals surface area contributed by atoms with Crippen LogP contribution >= 0.6 is 22.9 Å². The van der Waals surface area contributed by atoms with Gasteiger partial charge in [-0.05, 0) is 12.8 Å². The molecule has 0 radical (unpaired) electrons. The van der Waals surface area contributed by atoms with Crippen LogP contribution in [0.4, 0.5) is 0 Å². The number of thiazole rings is 1. The molecule has 3 heterocycles. The van der Waals surface area contributed by atoms with Gasteiger partial charge in [-0.3, -0.25) is 9.20 Å². The Kier molecular flexibility index (Phi) is 3.68. The molecule has 0 aliphatic carbocycles. The summed E-state index contributed by atoms with van der Waals surface area (Å²) in [7, 11) is -3.74. The van der Waals surface area contributed by atoms with Gasteiger partial charge in [0.1, 0.15) is 0 Å². The van der Waals surface area contributed by atoms with Crippen molar-refractivity contribution in [1.29, 1.82) is 0 Å². The van der Waals surface area contributed by atoms with Gasteiger partial charge in [-0.25, -0.2) is 13.4 Å². The van der Waals surface area contributed by atoms with Gasteiger partial charge in [0.25, 0.3) is 10.0 Å². The molecule has 0 bridgehead atoms. The number of aromatic nitrogens is 2. The third kappa shape index (κ3) is 2.44. The van der Waals surface area contributed by atoms with E-state index in [1.165, 1.54) is 20.0 Å².